The minimum absolute atomic E-state index is 0.0143. The zero-order valence-electron chi connectivity index (χ0n) is 11.8. The summed E-state index contributed by atoms with van der Waals surface area (Å²) in [5.74, 6) is -0.0143. The second kappa shape index (κ2) is 6.78. The summed E-state index contributed by atoms with van der Waals surface area (Å²) >= 11 is 0. The van der Waals surface area contributed by atoms with Gasteiger partial charge in [-0.2, -0.15) is 0 Å². The number of piperidine rings is 1. The Kier molecular flexibility index (Phi) is 5.05. The fourth-order valence-corrected chi connectivity index (χ4v) is 3.08. The van der Waals surface area contributed by atoms with E-state index in [4.69, 9.17) is 0 Å². The highest BCUT2D eigenvalue weighted by molar-refractivity contribution is 5.75. The number of likely N-dealkylation sites (tertiary alicyclic amines) is 1. The highest BCUT2D eigenvalue weighted by atomic mass is 16.2. The van der Waals surface area contributed by atoms with Crippen LogP contribution >= 0.6 is 0 Å². The van der Waals surface area contributed by atoms with E-state index in [-0.39, 0.29) is 18.0 Å². The lowest BCUT2D eigenvalue weighted by atomic mass is 9.95. The first-order valence-electron chi connectivity index (χ1n) is 7.47. The predicted molar refractivity (Wildman–Crippen MR) is 73.8 cm³/mol. The lowest BCUT2D eigenvalue weighted by Crippen LogP contribution is -2.53. The van der Waals surface area contributed by atoms with Crippen LogP contribution in [0.15, 0.2) is 0 Å². The Morgan fingerprint density at radius 2 is 1.63 bits per heavy atom. The molecular formula is C14H25N3O2. The molecule has 108 valence electrons. The lowest BCUT2D eigenvalue weighted by Gasteiger charge is -2.34. The predicted octanol–water partition coefficient (Wildman–Crippen LogP) is 1.63. The van der Waals surface area contributed by atoms with Crippen LogP contribution in [0, 0.1) is 0 Å². The maximum absolute atomic E-state index is 12.2. The van der Waals surface area contributed by atoms with E-state index < -0.39 is 0 Å². The second-order valence-corrected chi connectivity index (χ2v) is 5.77. The summed E-state index contributed by atoms with van der Waals surface area (Å²) in [6.45, 7) is 2.97. The van der Waals surface area contributed by atoms with Crippen molar-refractivity contribution < 1.29 is 9.59 Å². The first-order valence-corrected chi connectivity index (χ1v) is 7.47. The van der Waals surface area contributed by atoms with E-state index in [0.717, 1.165) is 32.2 Å². The van der Waals surface area contributed by atoms with Crippen molar-refractivity contribution in [3.63, 3.8) is 0 Å². The Bertz CT molecular complexity index is 327. The number of amides is 3. The molecule has 2 N–H and O–H groups in total. The molecule has 0 spiro atoms. The van der Waals surface area contributed by atoms with E-state index in [1.54, 1.807) is 0 Å². The Hall–Kier alpha value is -1.26. The number of carbonyl (C=O) groups excluding carboxylic acids is 2. The summed E-state index contributed by atoms with van der Waals surface area (Å²) in [4.78, 5) is 25.1. The summed E-state index contributed by atoms with van der Waals surface area (Å²) in [7, 11) is 0. The van der Waals surface area contributed by atoms with E-state index in [1.165, 1.54) is 26.2 Å². The van der Waals surface area contributed by atoms with Gasteiger partial charge in [0.05, 0.1) is 0 Å². The van der Waals surface area contributed by atoms with Crippen LogP contribution < -0.4 is 10.6 Å². The van der Waals surface area contributed by atoms with Gasteiger partial charge in [0.2, 0.25) is 5.91 Å². The standard InChI is InChI=1S/C14H25N3O2/c1-11(18)15-13-8-5-9-17(10-13)14(19)16-12-6-3-2-4-7-12/h12-13H,2-10H2,1H3,(H,15,18)(H,16,19). The minimum Gasteiger partial charge on any atom is -0.352 e. The normalized spacial score (nSPS) is 24.9. The molecule has 0 aromatic heterocycles. The third-order valence-corrected chi connectivity index (χ3v) is 4.05. The first kappa shape index (κ1) is 14.2. The highest BCUT2D eigenvalue weighted by Crippen LogP contribution is 2.18. The van der Waals surface area contributed by atoms with Gasteiger partial charge in [0, 0.05) is 32.1 Å². The molecule has 1 aliphatic heterocycles. The SMILES string of the molecule is CC(=O)NC1CCCN(C(=O)NC2CCCCC2)C1. The Morgan fingerprint density at radius 3 is 2.32 bits per heavy atom. The van der Waals surface area contributed by atoms with Crippen molar-refractivity contribution in [3.05, 3.63) is 0 Å². The fourth-order valence-electron chi connectivity index (χ4n) is 3.08. The van der Waals surface area contributed by atoms with Crippen LogP contribution in [0.3, 0.4) is 0 Å². The Balaban J connectivity index is 1.79. The van der Waals surface area contributed by atoms with Crippen molar-refractivity contribution in [1.82, 2.24) is 15.5 Å². The molecule has 2 aliphatic rings. The van der Waals surface area contributed by atoms with Crippen molar-refractivity contribution in [2.45, 2.75) is 64.0 Å². The van der Waals surface area contributed by atoms with Crippen molar-refractivity contribution in [3.8, 4) is 0 Å². The average Bonchev–Trinajstić information content (AvgIpc) is 2.39. The van der Waals surface area contributed by atoms with Crippen molar-refractivity contribution in [2.75, 3.05) is 13.1 Å². The molecule has 3 amide bonds. The molecule has 2 rings (SSSR count). The molecular weight excluding hydrogens is 242 g/mol. The number of hydrogen-bond donors (Lipinski definition) is 2. The highest BCUT2D eigenvalue weighted by Gasteiger charge is 2.25. The molecule has 0 aromatic rings. The zero-order chi connectivity index (χ0) is 13.7. The molecule has 2 fully saturated rings. The van der Waals surface area contributed by atoms with E-state index in [0.29, 0.717) is 12.6 Å². The maximum atomic E-state index is 12.2. The maximum Gasteiger partial charge on any atom is 0.317 e. The molecule has 0 bridgehead atoms. The van der Waals surface area contributed by atoms with Gasteiger partial charge in [-0.1, -0.05) is 19.3 Å². The Labute approximate surface area is 115 Å². The summed E-state index contributed by atoms with van der Waals surface area (Å²) in [6, 6.07) is 0.507. The van der Waals surface area contributed by atoms with Crippen LogP contribution in [0.5, 0.6) is 0 Å². The molecule has 1 atom stereocenters. The Morgan fingerprint density at radius 1 is 0.947 bits per heavy atom. The van der Waals surface area contributed by atoms with E-state index in [9.17, 15) is 9.59 Å². The molecule has 1 unspecified atom stereocenters. The van der Waals surface area contributed by atoms with Gasteiger partial charge in [-0.15, -0.1) is 0 Å². The first-order chi connectivity index (χ1) is 9.15. The monoisotopic (exact) mass is 267 g/mol. The summed E-state index contributed by atoms with van der Waals surface area (Å²) < 4.78 is 0. The molecule has 0 radical (unpaired) electrons. The smallest absolute Gasteiger partial charge is 0.317 e. The zero-order valence-corrected chi connectivity index (χ0v) is 11.8. The van der Waals surface area contributed by atoms with E-state index >= 15 is 0 Å². The number of hydrogen-bond acceptors (Lipinski definition) is 2. The largest absolute Gasteiger partial charge is 0.352 e. The number of nitrogens with zero attached hydrogens (tertiary/aromatic N) is 1. The molecule has 1 saturated carbocycles. The molecule has 1 heterocycles. The third-order valence-electron chi connectivity index (χ3n) is 4.05. The molecule has 1 aliphatic carbocycles. The molecule has 19 heavy (non-hydrogen) atoms. The topological polar surface area (TPSA) is 61.4 Å². The van der Waals surface area contributed by atoms with Crippen LogP contribution in [0.25, 0.3) is 0 Å². The summed E-state index contributed by atoms with van der Waals surface area (Å²) in [5.41, 5.74) is 0. The van der Waals surface area contributed by atoms with Crippen LogP contribution in [-0.4, -0.2) is 42.0 Å². The molecule has 1 saturated heterocycles. The molecule has 0 aromatic carbocycles. The van der Waals surface area contributed by atoms with E-state index in [1.807, 2.05) is 4.90 Å². The quantitative estimate of drug-likeness (QED) is 0.799. The van der Waals surface area contributed by atoms with Gasteiger partial charge in [0.25, 0.3) is 0 Å². The van der Waals surface area contributed by atoms with Crippen LogP contribution in [0.4, 0.5) is 4.79 Å². The summed E-state index contributed by atoms with van der Waals surface area (Å²) in [5, 5.41) is 6.05. The molecule has 5 heteroatoms. The van der Waals surface area contributed by atoms with Crippen molar-refractivity contribution in [2.24, 2.45) is 0 Å². The van der Waals surface area contributed by atoms with Gasteiger partial charge in [-0.05, 0) is 25.7 Å². The van der Waals surface area contributed by atoms with Gasteiger partial charge in [-0.3, -0.25) is 4.79 Å². The van der Waals surface area contributed by atoms with E-state index in [2.05, 4.69) is 10.6 Å². The van der Waals surface area contributed by atoms with Gasteiger partial charge < -0.3 is 15.5 Å². The van der Waals surface area contributed by atoms with Crippen LogP contribution in [0.1, 0.15) is 51.9 Å². The fraction of sp³-hybridized carbons (Fsp3) is 0.857. The van der Waals surface area contributed by atoms with Gasteiger partial charge in [-0.25, -0.2) is 4.79 Å². The lowest BCUT2D eigenvalue weighted by molar-refractivity contribution is -0.119. The van der Waals surface area contributed by atoms with Gasteiger partial charge >= 0.3 is 6.03 Å². The summed E-state index contributed by atoms with van der Waals surface area (Å²) in [6.07, 6.45) is 7.87. The van der Waals surface area contributed by atoms with Gasteiger partial charge in [0.15, 0.2) is 0 Å². The number of urea groups is 1. The number of carbonyl (C=O) groups is 2. The van der Waals surface area contributed by atoms with Gasteiger partial charge in [0.1, 0.15) is 0 Å². The second-order valence-electron chi connectivity index (χ2n) is 5.77. The van der Waals surface area contributed by atoms with Crippen molar-refractivity contribution in [1.29, 1.82) is 0 Å². The third kappa shape index (κ3) is 4.40. The van der Waals surface area contributed by atoms with Crippen LogP contribution in [0.2, 0.25) is 0 Å². The number of nitrogens with one attached hydrogen (secondary N) is 2. The number of rotatable bonds is 2. The molecule has 5 nitrogen and oxygen atoms in total. The average molecular weight is 267 g/mol. The minimum atomic E-state index is -0.0143. The van der Waals surface area contributed by atoms with Crippen LogP contribution in [-0.2, 0) is 4.79 Å². The van der Waals surface area contributed by atoms with Crippen molar-refractivity contribution >= 4 is 11.9 Å².